The summed E-state index contributed by atoms with van der Waals surface area (Å²) in [6, 6.07) is 0. The lowest BCUT2D eigenvalue weighted by molar-refractivity contribution is 0.346. The van der Waals surface area contributed by atoms with Crippen molar-refractivity contribution < 1.29 is 0 Å². The van der Waals surface area contributed by atoms with Crippen LogP contribution >= 0.6 is 11.3 Å². The summed E-state index contributed by atoms with van der Waals surface area (Å²) in [4.78, 5) is 0. The Bertz CT molecular complexity index is 343. The van der Waals surface area contributed by atoms with Gasteiger partial charge in [-0.1, -0.05) is 40.5 Å². The summed E-state index contributed by atoms with van der Waals surface area (Å²) in [7, 11) is 0. The molecule has 0 aromatic carbocycles. The van der Waals surface area contributed by atoms with Crippen LogP contribution in [0.15, 0.2) is 0 Å². The first-order valence-corrected chi connectivity index (χ1v) is 7.12. The topological polar surface area (TPSA) is 25.8 Å². The Kier molecular flexibility index (Phi) is 3.34. The van der Waals surface area contributed by atoms with Crippen LogP contribution in [-0.2, 0) is 5.41 Å². The molecular weight excluding hydrogens is 216 g/mol. The molecule has 1 aliphatic rings. The van der Waals surface area contributed by atoms with Crippen LogP contribution in [0.4, 0.5) is 0 Å². The van der Waals surface area contributed by atoms with Gasteiger partial charge < -0.3 is 0 Å². The van der Waals surface area contributed by atoms with E-state index in [0.29, 0.717) is 5.92 Å². The minimum Gasteiger partial charge on any atom is -0.143 e. The van der Waals surface area contributed by atoms with Gasteiger partial charge in [-0.3, -0.25) is 0 Å². The molecule has 2 nitrogen and oxygen atoms in total. The van der Waals surface area contributed by atoms with Crippen molar-refractivity contribution in [1.82, 2.24) is 10.2 Å². The molecule has 0 unspecified atom stereocenters. The molecule has 1 aromatic rings. The molecule has 16 heavy (non-hydrogen) atoms. The van der Waals surface area contributed by atoms with Crippen LogP contribution in [0.25, 0.3) is 0 Å². The lowest BCUT2D eigenvalue weighted by atomic mass is 9.83. The van der Waals surface area contributed by atoms with Gasteiger partial charge in [0.2, 0.25) is 0 Å². The van der Waals surface area contributed by atoms with Gasteiger partial charge in [0.05, 0.1) is 0 Å². The maximum Gasteiger partial charge on any atom is 0.122 e. The molecule has 0 spiro atoms. The van der Waals surface area contributed by atoms with Crippen LogP contribution < -0.4 is 0 Å². The molecule has 3 heteroatoms. The predicted octanol–water partition coefficient (Wildman–Crippen LogP) is 4.13. The van der Waals surface area contributed by atoms with Gasteiger partial charge >= 0.3 is 0 Å². The third kappa shape index (κ3) is 2.62. The SMILES string of the molecule is CC1CCC(c2nnc(C(C)(C)C)s2)CC1. The molecular formula is C13H22N2S. The highest BCUT2D eigenvalue weighted by Gasteiger charge is 2.25. The van der Waals surface area contributed by atoms with E-state index in [2.05, 4.69) is 37.9 Å². The molecule has 0 atom stereocenters. The van der Waals surface area contributed by atoms with Crippen molar-refractivity contribution in [2.75, 3.05) is 0 Å². The smallest absolute Gasteiger partial charge is 0.122 e. The molecule has 1 aromatic heterocycles. The molecule has 0 aliphatic heterocycles. The maximum atomic E-state index is 4.40. The summed E-state index contributed by atoms with van der Waals surface area (Å²) in [6.07, 6.45) is 5.32. The van der Waals surface area contributed by atoms with E-state index in [4.69, 9.17) is 0 Å². The zero-order valence-electron chi connectivity index (χ0n) is 10.8. The second-order valence-corrected chi connectivity index (χ2v) is 7.16. The normalized spacial score (nSPS) is 27.0. The Labute approximate surface area is 102 Å². The maximum absolute atomic E-state index is 4.40. The summed E-state index contributed by atoms with van der Waals surface area (Å²) >= 11 is 1.83. The van der Waals surface area contributed by atoms with Gasteiger partial charge in [0.1, 0.15) is 10.0 Å². The van der Waals surface area contributed by atoms with Gasteiger partial charge in [-0.05, 0) is 18.8 Å². The third-order valence-corrected chi connectivity index (χ3v) is 4.96. The van der Waals surface area contributed by atoms with Crippen LogP contribution in [0.2, 0.25) is 0 Å². The summed E-state index contributed by atoms with van der Waals surface area (Å²) in [5, 5.41) is 11.2. The average molecular weight is 238 g/mol. The highest BCUT2D eigenvalue weighted by molar-refractivity contribution is 7.11. The van der Waals surface area contributed by atoms with Crippen molar-refractivity contribution in [1.29, 1.82) is 0 Å². The minimum absolute atomic E-state index is 0.151. The van der Waals surface area contributed by atoms with E-state index in [9.17, 15) is 0 Å². The van der Waals surface area contributed by atoms with E-state index in [0.717, 1.165) is 5.92 Å². The third-order valence-electron chi connectivity index (χ3n) is 3.45. The zero-order valence-corrected chi connectivity index (χ0v) is 11.6. The van der Waals surface area contributed by atoms with Gasteiger partial charge in [0, 0.05) is 11.3 Å². The summed E-state index contributed by atoms with van der Waals surface area (Å²) < 4.78 is 0. The van der Waals surface area contributed by atoms with E-state index < -0.39 is 0 Å². The van der Waals surface area contributed by atoms with Crippen molar-refractivity contribution in [3.63, 3.8) is 0 Å². The van der Waals surface area contributed by atoms with Gasteiger partial charge in [-0.25, -0.2) is 0 Å². The van der Waals surface area contributed by atoms with Gasteiger partial charge in [-0.15, -0.1) is 21.5 Å². The average Bonchev–Trinajstić information content (AvgIpc) is 2.67. The molecule has 0 saturated heterocycles. The largest absolute Gasteiger partial charge is 0.143 e. The van der Waals surface area contributed by atoms with Crippen LogP contribution in [0.1, 0.15) is 69.3 Å². The van der Waals surface area contributed by atoms with E-state index in [1.54, 1.807) is 0 Å². The van der Waals surface area contributed by atoms with E-state index in [-0.39, 0.29) is 5.41 Å². The summed E-state index contributed by atoms with van der Waals surface area (Å²) in [6.45, 7) is 8.98. The summed E-state index contributed by atoms with van der Waals surface area (Å²) in [5.41, 5.74) is 0.151. The lowest BCUT2D eigenvalue weighted by Crippen LogP contribution is -2.10. The standard InChI is InChI=1S/C13H22N2S/c1-9-5-7-10(8-6-9)11-14-15-12(16-11)13(2,3)4/h9-10H,5-8H2,1-4H3. The van der Waals surface area contributed by atoms with Gasteiger partial charge in [0.25, 0.3) is 0 Å². The first-order chi connectivity index (χ1) is 7.47. The monoisotopic (exact) mass is 238 g/mol. The summed E-state index contributed by atoms with van der Waals surface area (Å²) in [5.74, 6) is 1.59. The van der Waals surface area contributed by atoms with Crippen molar-refractivity contribution in [3.05, 3.63) is 10.0 Å². The van der Waals surface area contributed by atoms with Crippen LogP contribution in [0.5, 0.6) is 0 Å². The number of aromatic nitrogens is 2. The van der Waals surface area contributed by atoms with Crippen molar-refractivity contribution in [3.8, 4) is 0 Å². The first kappa shape index (κ1) is 12.0. The quantitative estimate of drug-likeness (QED) is 0.735. The fourth-order valence-electron chi connectivity index (χ4n) is 2.21. The fourth-order valence-corrected chi connectivity index (χ4v) is 3.28. The molecule has 2 rings (SSSR count). The predicted molar refractivity (Wildman–Crippen MR) is 69.0 cm³/mol. The Hall–Kier alpha value is -0.440. The van der Waals surface area contributed by atoms with E-state index in [1.165, 1.54) is 35.7 Å². The van der Waals surface area contributed by atoms with Crippen molar-refractivity contribution in [2.24, 2.45) is 5.92 Å². The second kappa shape index (κ2) is 4.44. The number of rotatable bonds is 1. The molecule has 0 N–H and O–H groups in total. The molecule has 0 amide bonds. The molecule has 1 aliphatic carbocycles. The fraction of sp³-hybridized carbons (Fsp3) is 0.846. The molecule has 1 heterocycles. The second-order valence-electron chi connectivity index (χ2n) is 6.15. The molecule has 90 valence electrons. The van der Waals surface area contributed by atoms with Crippen molar-refractivity contribution >= 4 is 11.3 Å². The van der Waals surface area contributed by atoms with E-state index in [1.807, 2.05) is 11.3 Å². The zero-order chi connectivity index (χ0) is 11.8. The van der Waals surface area contributed by atoms with Gasteiger partial charge in [-0.2, -0.15) is 0 Å². The molecule has 0 bridgehead atoms. The Morgan fingerprint density at radius 1 is 1.06 bits per heavy atom. The molecule has 0 radical (unpaired) electrons. The van der Waals surface area contributed by atoms with Crippen LogP contribution in [-0.4, -0.2) is 10.2 Å². The van der Waals surface area contributed by atoms with Crippen LogP contribution in [0.3, 0.4) is 0 Å². The first-order valence-electron chi connectivity index (χ1n) is 6.30. The van der Waals surface area contributed by atoms with Crippen molar-refractivity contribution in [2.45, 2.75) is 64.7 Å². The number of hydrogen-bond donors (Lipinski definition) is 0. The van der Waals surface area contributed by atoms with Gasteiger partial charge in [0.15, 0.2) is 0 Å². The number of nitrogens with zero attached hydrogens (tertiary/aromatic N) is 2. The van der Waals surface area contributed by atoms with E-state index >= 15 is 0 Å². The number of hydrogen-bond acceptors (Lipinski definition) is 3. The highest BCUT2D eigenvalue weighted by atomic mass is 32.1. The highest BCUT2D eigenvalue weighted by Crippen LogP contribution is 2.38. The Morgan fingerprint density at radius 2 is 1.69 bits per heavy atom. The Balaban J connectivity index is 2.08. The lowest BCUT2D eigenvalue weighted by Gasteiger charge is -2.24. The van der Waals surface area contributed by atoms with Crippen LogP contribution in [0, 0.1) is 5.92 Å². The minimum atomic E-state index is 0.151. The molecule has 1 fully saturated rings. The Morgan fingerprint density at radius 3 is 2.19 bits per heavy atom. The molecule has 1 saturated carbocycles.